The van der Waals surface area contributed by atoms with Crippen LogP contribution in [0.4, 0.5) is 0 Å². The number of H-pyrrole nitrogens is 1. The largest absolute Gasteiger partial charge is 0.481 e. The number of aromatic amines is 1. The van der Waals surface area contributed by atoms with Crippen LogP contribution in [0.5, 0.6) is 0 Å². The average molecular weight is 349 g/mol. The molecule has 0 aliphatic carbocycles. The zero-order valence-electron chi connectivity index (χ0n) is 14.3. The third kappa shape index (κ3) is 2.73. The van der Waals surface area contributed by atoms with Crippen molar-refractivity contribution in [3.8, 4) is 0 Å². The Kier molecular flexibility index (Phi) is 3.95. The number of hydrogen-bond donors (Lipinski definition) is 2. The van der Waals surface area contributed by atoms with Crippen molar-refractivity contribution in [2.24, 2.45) is 5.92 Å². The lowest BCUT2D eigenvalue weighted by molar-refractivity contribution is -0.141. The number of carboxylic acids is 1. The minimum atomic E-state index is -0.870. The van der Waals surface area contributed by atoms with Crippen molar-refractivity contribution in [1.82, 2.24) is 15.1 Å². The molecular weight excluding hydrogens is 330 g/mol. The molecule has 4 rings (SSSR count). The van der Waals surface area contributed by atoms with Crippen molar-refractivity contribution in [2.45, 2.75) is 12.8 Å². The fourth-order valence-corrected chi connectivity index (χ4v) is 3.80. The van der Waals surface area contributed by atoms with Gasteiger partial charge in [-0.25, -0.2) is 0 Å². The molecule has 1 aliphatic heterocycles. The molecule has 0 bridgehead atoms. The van der Waals surface area contributed by atoms with Gasteiger partial charge in [0, 0.05) is 24.4 Å². The van der Waals surface area contributed by atoms with Gasteiger partial charge in [0.2, 0.25) is 0 Å². The number of carbonyl (C=O) groups is 2. The Morgan fingerprint density at radius 1 is 1.19 bits per heavy atom. The number of nitrogens with zero attached hydrogens (tertiary/aromatic N) is 2. The zero-order valence-corrected chi connectivity index (χ0v) is 14.3. The summed E-state index contributed by atoms with van der Waals surface area (Å²) < 4.78 is 0. The molecule has 6 heteroatoms. The normalized spacial score (nSPS) is 19.8. The molecular formula is C20H19N3O3. The number of nitrogens with one attached hydrogen (secondary N) is 1. The average Bonchev–Trinajstić information content (AvgIpc) is 3.28. The van der Waals surface area contributed by atoms with Gasteiger partial charge in [0.05, 0.1) is 23.2 Å². The number of aromatic nitrogens is 2. The van der Waals surface area contributed by atoms with E-state index in [-0.39, 0.29) is 18.4 Å². The molecule has 26 heavy (non-hydrogen) atoms. The minimum absolute atomic E-state index is 0.160. The Morgan fingerprint density at radius 3 is 2.69 bits per heavy atom. The summed E-state index contributed by atoms with van der Waals surface area (Å²) in [5.74, 6) is -1.85. The predicted molar refractivity (Wildman–Crippen MR) is 97.0 cm³/mol. The fourth-order valence-electron chi connectivity index (χ4n) is 3.80. The Balaban J connectivity index is 1.68. The van der Waals surface area contributed by atoms with Gasteiger partial charge in [-0.3, -0.25) is 14.7 Å². The first-order chi connectivity index (χ1) is 12.5. The summed E-state index contributed by atoms with van der Waals surface area (Å²) >= 11 is 0. The molecule has 132 valence electrons. The van der Waals surface area contributed by atoms with Crippen LogP contribution in [0.15, 0.2) is 48.7 Å². The van der Waals surface area contributed by atoms with Gasteiger partial charge in [0.25, 0.3) is 5.91 Å². The van der Waals surface area contributed by atoms with E-state index in [9.17, 15) is 14.7 Å². The number of aryl methyl sites for hydroxylation is 1. The summed E-state index contributed by atoms with van der Waals surface area (Å²) in [6.07, 6.45) is 1.69. The van der Waals surface area contributed by atoms with Crippen LogP contribution >= 0.6 is 0 Å². The molecule has 2 unspecified atom stereocenters. The number of hydrogen-bond acceptors (Lipinski definition) is 3. The highest BCUT2D eigenvalue weighted by Gasteiger charge is 2.40. The van der Waals surface area contributed by atoms with Gasteiger partial charge >= 0.3 is 5.97 Å². The first kappa shape index (κ1) is 16.3. The molecule has 1 aromatic heterocycles. The van der Waals surface area contributed by atoms with Crippen molar-refractivity contribution >= 4 is 22.8 Å². The second-order valence-corrected chi connectivity index (χ2v) is 6.82. The second kappa shape index (κ2) is 6.29. The number of carboxylic acid groups (broad SMARTS) is 1. The number of likely N-dealkylation sites (tertiary alicyclic amines) is 1. The Bertz CT molecular complexity index is 980. The lowest BCUT2D eigenvalue weighted by atomic mass is 9.89. The lowest BCUT2D eigenvalue weighted by Crippen LogP contribution is -2.30. The summed E-state index contributed by atoms with van der Waals surface area (Å²) in [5, 5.41) is 17.4. The van der Waals surface area contributed by atoms with E-state index in [0.717, 1.165) is 16.5 Å². The predicted octanol–water partition coefficient (Wildman–Crippen LogP) is 2.81. The van der Waals surface area contributed by atoms with Gasteiger partial charge in [-0.1, -0.05) is 30.3 Å². The highest BCUT2D eigenvalue weighted by Crippen LogP contribution is 2.34. The summed E-state index contributed by atoms with van der Waals surface area (Å²) in [7, 11) is 0. The quantitative estimate of drug-likeness (QED) is 0.761. The van der Waals surface area contributed by atoms with Gasteiger partial charge in [-0.05, 0) is 30.2 Å². The van der Waals surface area contributed by atoms with Gasteiger partial charge < -0.3 is 10.0 Å². The maximum Gasteiger partial charge on any atom is 0.308 e. The van der Waals surface area contributed by atoms with Crippen molar-refractivity contribution in [2.75, 3.05) is 13.1 Å². The fraction of sp³-hybridized carbons (Fsp3) is 0.250. The van der Waals surface area contributed by atoms with E-state index >= 15 is 0 Å². The van der Waals surface area contributed by atoms with Crippen LogP contribution in [-0.2, 0) is 4.79 Å². The highest BCUT2D eigenvalue weighted by molar-refractivity contribution is 6.06. The molecule has 0 radical (unpaired) electrons. The van der Waals surface area contributed by atoms with E-state index in [0.29, 0.717) is 17.6 Å². The van der Waals surface area contributed by atoms with Gasteiger partial charge in [-0.2, -0.15) is 5.10 Å². The van der Waals surface area contributed by atoms with Crippen LogP contribution < -0.4 is 0 Å². The molecule has 1 amide bonds. The maximum atomic E-state index is 13.1. The molecule has 2 aromatic carbocycles. The molecule has 3 aromatic rings. The van der Waals surface area contributed by atoms with Crippen LogP contribution in [0, 0.1) is 12.8 Å². The van der Waals surface area contributed by atoms with Crippen LogP contribution in [0.3, 0.4) is 0 Å². The highest BCUT2D eigenvalue weighted by atomic mass is 16.4. The summed E-state index contributed by atoms with van der Waals surface area (Å²) in [6, 6.07) is 13.3. The third-order valence-electron chi connectivity index (χ3n) is 5.08. The molecule has 1 fully saturated rings. The number of benzene rings is 2. The Morgan fingerprint density at radius 2 is 1.96 bits per heavy atom. The summed E-state index contributed by atoms with van der Waals surface area (Å²) in [4.78, 5) is 26.5. The molecule has 0 saturated carbocycles. The lowest BCUT2D eigenvalue weighted by Gasteiger charge is -2.17. The standard InChI is InChI=1S/C20H19N3O3/c1-12-7-14-9-21-22-18(14)15(8-12)19(24)23-10-16(17(11-23)20(25)26)13-5-3-2-4-6-13/h2-9,16-17H,10-11H2,1H3,(H,21,22)(H,25,26). The number of carbonyl (C=O) groups excluding carboxylic acids is 1. The first-order valence-corrected chi connectivity index (χ1v) is 8.55. The van der Waals surface area contributed by atoms with Crippen molar-refractivity contribution in [1.29, 1.82) is 0 Å². The molecule has 1 aliphatic rings. The zero-order chi connectivity index (χ0) is 18.3. The summed E-state index contributed by atoms with van der Waals surface area (Å²) in [5.41, 5.74) is 3.15. The van der Waals surface area contributed by atoms with Crippen molar-refractivity contribution < 1.29 is 14.7 Å². The van der Waals surface area contributed by atoms with Crippen molar-refractivity contribution in [3.63, 3.8) is 0 Å². The molecule has 2 N–H and O–H groups in total. The maximum absolute atomic E-state index is 13.1. The number of amides is 1. The van der Waals surface area contributed by atoms with E-state index < -0.39 is 11.9 Å². The van der Waals surface area contributed by atoms with Gasteiger partial charge in [0.1, 0.15) is 0 Å². The molecule has 2 atom stereocenters. The molecule has 0 spiro atoms. The van der Waals surface area contributed by atoms with Crippen molar-refractivity contribution in [3.05, 3.63) is 65.4 Å². The topological polar surface area (TPSA) is 86.3 Å². The number of aliphatic carboxylic acids is 1. The van der Waals surface area contributed by atoms with Gasteiger partial charge in [-0.15, -0.1) is 0 Å². The van der Waals surface area contributed by atoms with Crippen LogP contribution in [0.1, 0.15) is 27.4 Å². The molecule has 6 nitrogen and oxygen atoms in total. The smallest absolute Gasteiger partial charge is 0.308 e. The third-order valence-corrected chi connectivity index (χ3v) is 5.08. The van der Waals surface area contributed by atoms with E-state index in [1.165, 1.54) is 0 Å². The molecule has 1 saturated heterocycles. The minimum Gasteiger partial charge on any atom is -0.481 e. The van der Waals surface area contributed by atoms with Gasteiger partial charge in [0.15, 0.2) is 0 Å². The Labute approximate surface area is 150 Å². The van der Waals surface area contributed by atoms with Crippen LogP contribution in [0.25, 0.3) is 10.9 Å². The van der Waals surface area contributed by atoms with E-state index in [1.807, 2.05) is 49.4 Å². The molecule has 2 heterocycles. The van der Waals surface area contributed by atoms with Crippen LogP contribution in [-0.4, -0.2) is 45.2 Å². The first-order valence-electron chi connectivity index (χ1n) is 8.55. The Hall–Kier alpha value is -3.15. The SMILES string of the molecule is Cc1cc(C(=O)N2CC(C(=O)O)C(c3ccccc3)C2)c2[nH]ncc2c1. The van der Waals surface area contributed by atoms with E-state index in [2.05, 4.69) is 10.2 Å². The second-order valence-electron chi connectivity index (χ2n) is 6.82. The number of rotatable bonds is 3. The summed E-state index contributed by atoms with van der Waals surface area (Å²) in [6.45, 7) is 2.53. The van der Waals surface area contributed by atoms with E-state index in [4.69, 9.17) is 0 Å². The monoisotopic (exact) mass is 349 g/mol. The van der Waals surface area contributed by atoms with E-state index in [1.54, 1.807) is 11.1 Å². The van der Waals surface area contributed by atoms with Crippen LogP contribution in [0.2, 0.25) is 0 Å². The number of fused-ring (bicyclic) bond motifs is 1.